The Morgan fingerprint density at radius 3 is 3.00 bits per heavy atom. The van der Waals surface area contributed by atoms with Gasteiger partial charge in [0.25, 0.3) is 0 Å². The van der Waals surface area contributed by atoms with E-state index in [2.05, 4.69) is 16.5 Å². The van der Waals surface area contributed by atoms with Crippen molar-refractivity contribution < 1.29 is 4.74 Å². The first-order chi connectivity index (χ1) is 7.86. The molecule has 1 atom stereocenters. The maximum absolute atomic E-state index is 5.39. The first-order valence-corrected chi connectivity index (χ1v) is 6.22. The van der Waals surface area contributed by atoms with E-state index in [1.165, 1.54) is 31.4 Å². The first-order valence-electron chi connectivity index (χ1n) is 6.22. The van der Waals surface area contributed by atoms with E-state index in [1.54, 1.807) is 7.11 Å². The molecule has 88 valence electrons. The molecule has 3 rings (SSSR count). The van der Waals surface area contributed by atoms with Gasteiger partial charge < -0.3 is 10.1 Å². The number of nitrogens with zero attached hydrogens (tertiary/aromatic N) is 2. The summed E-state index contributed by atoms with van der Waals surface area (Å²) in [7, 11) is 1.73. The maximum atomic E-state index is 5.39. The van der Waals surface area contributed by atoms with E-state index >= 15 is 0 Å². The third kappa shape index (κ3) is 1.94. The Bertz CT molecular complexity index is 364. The van der Waals surface area contributed by atoms with Crippen LogP contribution in [0.1, 0.15) is 37.3 Å². The van der Waals surface area contributed by atoms with E-state index in [9.17, 15) is 0 Å². The molecule has 1 aromatic rings. The molecule has 1 saturated carbocycles. The normalized spacial score (nSPS) is 24.9. The molecular weight excluding hydrogens is 202 g/mol. The Hall–Kier alpha value is -1.03. The van der Waals surface area contributed by atoms with Crippen LogP contribution >= 0.6 is 0 Å². The molecular formula is C12H19N3O. The second-order valence-corrected chi connectivity index (χ2v) is 4.86. The maximum Gasteiger partial charge on any atom is 0.211 e. The van der Waals surface area contributed by atoms with Crippen molar-refractivity contribution in [1.29, 1.82) is 0 Å². The molecule has 0 spiro atoms. The minimum Gasteiger partial charge on any atom is -0.481 e. The molecule has 1 unspecified atom stereocenters. The van der Waals surface area contributed by atoms with Crippen LogP contribution in [-0.4, -0.2) is 29.5 Å². The first kappa shape index (κ1) is 10.1. The highest BCUT2D eigenvalue weighted by Gasteiger charge is 2.28. The smallest absolute Gasteiger partial charge is 0.211 e. The van der Waals surface area contributed by atoms with Gasteiger partial charge in [0.15, 0.2) is 0 Å². The second-order valence-electron chi connectivity index (χ2n) is 4.86. The molecule has 1 aliphatic heterocycles. The Morgan fingerprint density at radius 1 is 1.50 bits per heavy atom. The monoisotopic (exact) mass is 221 g/mol. The van der Waals surface area contributed by atoms with Gasteiger partial charge in [-0.1, -0.05) is 0 Å². The van der Waals surface area contributed by atoms with Gasteiger partial charge in [-0.05, 0) is 32.2 Å². The van der Waals surface area contributed by atoms with Crippen molar-refractivity contribution in [3.05, 3.63) is 11.8 Å². The summed E-state index contributed by atoms with van der Waals surface area (Å²) in [5.41, 5.74) is 1.22. The van der Waals surface area contributed by atoms with Crippen LogP contribution in [0, 0.1) is 0 Å². The fourth-order valence-electron chi connectivity index (χ4n) is 2.41. The molecule has 1 saturated heterocycles. The van der Waals surface area contributed by atoms with E-state index in [4.69, 9.17) is 4.74 Å². The van der Waals surface area contributed by atoms with Gasteiger partial charge in [0, 0.05) is 18.0 Å². The van der Waals surface area contributed by atoms with Gasteiger partial charge >= 0.3 is 0 Å². The quantitative estimate of drug-likeness (QED) is 0.838. The Kier molecular flexibility index (Phi) is 2.59. The van der Waals surface area contributed by atoms with Crippen LogP contribution in [0.3, 0.4) is 0 Å². The Labute approximate surface area is 96.0 Å². The van der Waals surface area contributed by atoms with Crippen molar-refractivity contribution in [3.63, 3.8) is 0 Å². The van der Waals surface area contributed by atoms with Crippen molar-refractivity contribution >= 4 is 0 Å². The number of hydrogen-bond donors (Lipinski definition) is 1. The predicted molar refractivity (Wildman–Crippen MR) is 61.8 cm³/mol. The number of methoxy groups -OCH3 is 1. The summed E-state index contributed by atoms with van der Waals surface area (Å²) in [5, 5.41) is 8.15. The van der Waals surface area contributed by atoms with Crippen molar-refractivity contribution in [2.75, 3.05) is 13.7 Å². The molecule has 2 heterocycles. The summed E-state index contributed by atoms with van der Waals surface area (Å²) in [4.78, 5) is 0. The molecule has 1 aromatic heterocycles. The highest BCUT2D eigenvalue weighted by atomic mass is 16.5. The highest BCUT2D eigenvalue weighted by molar-refractivity contribution is 5.22. The topological polar surface area (TPSA) is 39.1 Å². The zero-order valence-corrected chi connectivity index (χ0v) is 9.78. The summed E-state index contributed by atoms with van der Waals surface area (Å²) in [6.45, 7) is 2.08. The third-order valence-electron chi connectivity index (χ3n) is 3.52. The summed E-state index contributed by atoms with van der Waals surface area (Å²) in [6, 6.07) is 2.67. The average Bonchev–Trinajstić information content (AvgIpc) is 2.88. The van der Waals surface area contributed by atoms with Gasteiger partial charge in [-0.3, -0.25) is 0 Å². The van der Waals surface area contributed by atoms with E-state index in [0.29, 0.717) is 12.0 Å². The summed E-state index contributed by atoms with van der Waals surface area (Å²) in [5.74, 6) is 1.61. The van der Waals surface area contributed by atoms with Crippen LogP contribution in [0.4, 0.5) is 0 Å². The second kappa shape index (κ2) is 4.09. The molecule has 0 aromatic carbocycles. The van der Waals surface area contributed by atoms with Crippen molar-refractivity contribution in [2.24, 2.45) is 0 Å². The van der Waals surface area contributed by atoms with Crippen LogP contribution < -0.4 is 10.1 Å². The summed E-state index contributed by atoms with van der Waals surface area (Å²) < 4.78 is 7.41. The van der Waals surface area contributed by atoms with Gasteiger partial charge in [0.05, 0.1) is 19.3 Å². The van der Waals surface area contributed by atoms with E-state index < -0.39 is 0 Å². The lowest BCUT2D eigenvalue weighted by Gasteiger charge is -2.11. The molecule has 0 radical (unpaired) electrons. The minimum absolute atomic E-state index is 0.570. The summed E-state index contributed by atoms with van der Waals surface area (Å²) in [6.07, 6.45) is 5.12. The molecule has 0 bridgehead atoms. The highest BCUT2D eigenvalue weighted by Crippen LogP contribution is 2.40. The SMILES string of the molecule is COc1cc(C2CC2)nn1CC1CCCN1. The van der Waals surface area contributed by atoms with E-state index in [0.717, 1.165) is 19.0 Å². The van der Waals surface area contributed by atoms with Gasteiger partial charge in [0.1, 0.15) is 0 Å². The van der Waals surface area contributed by atoms with Crippen LogP contribution in [0.5, 0.6) is 5.88 Å². The molecule has 1 N–H and O–H groups in total. The average molecular weight is 221 g/mol. The molecule has 4 heteroatoms. The largest absolute Gasteiger partial charge is 0.481 e. The predicted octanol–water partition coefficient (Wildman–Crippen LogP) is 1.52. The number of ether oxygens (including phenoxy) is 1. The van der Waals surface area contributed by atoms with Crippen LogP contribution in [0.15, 0.2) is 6.07 Å². The molecule has 2 fully saturated rings. The molecule has 4 nitrogen and oxygen atoms in total. The standard InChI is InChI=1S/C12H19N3O/c1-16-12-7-11(9-4-5-9)14-15(12)8-10-3-2-6-13-10/h7,9-10,13H,2-6,8H2,1H3. The Balaban J connectivity index is 1.75. The van der Waals surface area contributed by atoms with Gasteiger partial charge in [-0.15, -0.1) is 0 Å². The lowest BCUT2D eigenvalue weighted by molar-refractivity contribution is 0.344. The number of rotatable bonds is 4. The van der Waals surface area contributed by atoms with Crippen molar-refractivity contribution in [1.82, 2.24) is 15.1 Å². The lowest BCUT2D eigenvalue weighted by atomic mass is 10.2. The fraction of sp³-hybridized carbons (Fsp3) is 0.750. The van der Waals surface area contributed by atoms with Gasteiger partial charge in [-0.25, -0.2) is 4.68 Å². The van der Waals surface area contributed by atoms with Crippen molar-refractivity contribution in [2.45, 2.75) is 44.2 Å². The Morgan fingerprint density at radius 2 is 2.38 bits per heavy atom. The number of aromatic nitrogens is 2. The minimum atomic E-state index is 0.570. The lowest BCUT2D eigenvalue weighted by Crippen LogP contribution is -2.27. The van der Waals surface area contributed by atoms with Crippen LogP contribution in [0.25, 0.3) is 0 Å². The third-order valence-corrected chi connectivity index (χ3v) is 3.52. The fourth-order valence-corrected chi connectivity index (χ4v) is 2.41. The molecule has 16 heavy (non-hydrogen) atoms. The molecule has 2 aliphatic rings. The zero-order chi connectivity index (χ0) is 11.0. The number of hydrogen-bond acceptors (Lipinski definition) is 3. The molecule has 1 aliphatic carbocycles. The van der Waals surface area contributed by atoms with Gasteiger partial charge in [0.2, 0.25) is 5.88 Å². The van der Waals surface area contributed by atoms with E-state index in [1.807, 2.05) is 4.68 Å². The van der Waals surface area contributed by atoms with Gasteiger partial charge in [-0.2, -0.15) is 5.10 Å². The van der Waals surface area contributed by atoms with Crippen LogP contribution in [0.2, 0.25) is 0 Å². The summed E-state index contributed by atoms with van der Waals surface area (Å²) >= 11 is 0. The van der Waals surface area contributed by atoms with E-state index in [-0.39, 0.29) is 0 Å². The van der Waals surface area contributed by atoms with Crippen molar-refractivity contribution in [3.8, 4) is 5.88 Å². The number of nitrogens with one attached hydrogen (secondary N) is 1. The zero-order valence-electron chi connectivity index (χ0n) is 9.78. The van der Waals surface area contributed by atoms with Crippen LogP contribution in [-0.2, 0) is 6.54 Å². The molecule has 0 amide bonds.